The molecule has 1 amide bonds. The summed E-state index contributed by atoms with van der Waals surface area (Å²) < 4.78 is 5.13. The van der Waals surface area contributed by atoms with Crippen molar-refractivity contribution in [1.82, 2.24) is 5.32 Å². The van der Waals surface area contributed by atoms with Gasteiger partial charge < -0.3 is 20.9 Å². The molecule has 0 spiro atoms. The van der Waals surface area contributed by atoms with Crippen molar-refractivity contribution in [2.75, 3.05) is 19.5 Å². The Balaban J connectivity index is 2.89. The Kier molecular flexibility index (Phi) is 5.45. The lowest BCUT2D eigenvalue weighted by atomic mass is 10.1. The summed E-state index contributed by atoms with van der Waals surface area (Å²) in [5.74, 6) is 0.177. The molecular weight excluding hydrogens is 232 g/mol. The lowest BCUT2D eigenvalue weighted by molar-refractivity contribution is 0.0927. The molecule has 0 aromatic heterocycles. The summed E-state index contributed by atoms with van der Waals surface area (Å²) in [4.78, 5) is 12.1. The van der Waals surface area contributed by atoms with E-state index in [0.29, 0.717) is 23.4 Å². The smallest absolute Gasteiger partial charge is 0.257 e. The Morgan fingerprint density at radius 3 is 2.83 bits per heavy atom. The van der Waals surface area contributed by atoms with Gasteiger partial charge in [0.25, 0.3) is 5.91 Å². The fraction of sp³-hybridized carbons (Fsp3) is 0.462. The maximum absolute atomic E-state index is 12.1. The van der Waals surface area contributed by atoms with Gasteiger partial charge in [-0.15, -0.1) is 0 Å². The first-order chi connectivity index (χ1) is 8.63. The molecule has 0 bridgehead atoms. The summed E-state index contributed by atoms with van der Waals surface area (Å²) in [7, 11) is 1.50. The summed E-state index contributed by atoms with van der Waals surface area (Å²) in [5, 5.41) is 11.7. The van der Waals surface area contributed by atoms with Gasteiger partial charge in [0.1, 0.15) is 11.3 Å². The molecule has 1 aromatic carbocycles. The first-order valence-corrected chi connectivity index (χ1v) is 5.98. The van der Waals surface area contributed by atoms with Gasteiger partial charge in [-0.1, -0.05) is 13.0 Å². The fourth-order valence-electron chi connectivity index (χ4n) is 1.75. The molecule has 18 heavy (non-hydrogen) atoms. The van der Waals surface area contributed by atoms with Crippen LogP contribution >= 0.6 is 0 Å². The van der Waals surface area contributed by atoms with Crippen molar-refractivity contribution in [2.45, 2.75) is 25.8 Å². The second-order valence-corrected chi connectivity index (χ2v) is 4.02. The van der Waals surface area contributed by atoms with E-state index in [1.807, 2.05) is 6.92 Å². The van der Waals surface area contributed by atoms with Gasteiger partial charge in [0, 0.05) is 18.3 Å². The molecule has 4 N–H and O–H groups in total. The number of carbonyl (C=O) groups excluding carboxylic acids is 1. The molecule has 5 heteroatoms. The number of anilines is 1. The molecule has 0 aliphatic heterocycles. The van der Waals surface area contributed by atoms with Gasteiger partial charge in [-0.25, -0.2) is 0 Å². The van der Waals surface area contributed by atoms with Gasteiger partial charge in [0.2, 0.25) is 0 Å². The van der Waals surface area contributed by atoms with E-state index >= 15 is 0 Å². The van der Waals surface area contributed by atoms with Crippen LogP contribution in [0.4, 0.5) is 5.69 Å². The van der Waals surface area contributed by atoms with E-state index in [2.05, 4.69) is 5.32 Å². The molecule has 0 aliphatic carbocycles. The lowest BCUT2D eigenvalue weighted by Crippen LogP contribution is -2.35. The largest absolute Gasteiger partial charge is 0.496 e. The summed E-state index contributed by atoms with van der Waals surface area (Å²) in [6.45, 7) is 1.99. The maximum Gasteiger partial charge on any atom is 0.257 e. The van der Waals surface area contributed by atoms with Gasteiger partial charge in [0.15, 0.2) is 0 Å². The van der Waals surface area contributed by atoms with Gasteiger partial charge in [-0.3, -0.25) is 4.79 Å². The van der Waals surface area contributed by atoms with Crippen LogP contribution in [0.25, 0.3) is 0 Å². The van der Waals surface area contributed by atoms with Crippen LogP contribution < -0.4 is 15.8 Å². The quantitative estimate of drug-likeness (QED) is 0.663. The number of rotatable bonds is 6. The van der Waals surface area contributed by atoms with E-state index in [0.717, 1.165) is 6.42 Å². The van der Waals surface area contributed by atoms with E-state index < -0.39 is 0 Å². The minimum atomic E-state index is -0.273. The molecule has 0 aliphatic rings. The Bertz CT molecular complexity index is 407. The fourth-order valence-corrected chi connectivity index (χ4v) is 1.75. The Labute approximate surface area is 107 Å². The standard InChI is InChI=1S/C13H20N2O3/c1-3-9(7-8-16)15-13(17)12-10(14)5-4-6-11(12)18-2/h4-6,9,16H,3,7-8,14H2,1-2H3,(H,15,17). The highest BCUT2D eigenvalue weighted by Gasteiger charge is 2.18. The molecule has 0 heterocycles. The Morgan fingerprint density at radius 2 is 2.28 bits per heavy atom. The van der Waals surface area contributed by atoms with Crippen molar-refractivity contribution < 1.29 is 14.6 Å². The van der Waals surface area contributed by atoms with Gasteiger partial charge in [-0.05, 0) is 25.0 Å². The third-order valence-corrected chi connectivity index (χ3v) is 2.81. The first-order valence-electron chi connectivity index (χ1n) is 5.98. The predicted octanol–water partition coefficient (Wildman–Crippen LogP) is 1.17. The van der Waals surface area contributed by atoms with E-state index in [1.54, 1.807) is 18.2 Å². The van der Waals surface area contributed by atoms with Crippen molar-refractivity contribution in [3.8, 4) is 5.75 Å². The van der Waals surface area contributed by atoms with Crippen LogP contribution in [0.3, 0.4) is 0 Å². The number of aliphatic hydroxyl groups is 1. The Morgan fingerprint density at radius 1 is 1.56 bits per heavy atom. The monoisotopic (exact) mass is 252 g/mol. The average molecular weight is 252 g/mol. The predicted molar refractivity (Wildman–Crippen MR) is 70.7 cm³/mol. The molecule has 100 valence electrons. The van der Waals surface area contributed by atoms with E-state index in [1.165, 1.54) is 7.11 Å². The van der Waals surface area contributed by atoms with Crippen molar-refractivity contribution in [1.29, 1.82) is 0 Å². The van der Waals surface area contributed by atoms with Crippen molar-refractivity contribution in [3.63, 3.8) is 0 Å². The normalized spacial score (nSPS) is 11.9. The Hall–Kier alpha value is -1.75. The molecule has 0 saturated carbocycles. The topological polar surface area (TPSA) is 84.6 Å². The van der Waals surface area contributed by atoms with Gasteiger partial charge >= 0.3 is 0 Å². The van der Waals surface area contributed by atoms with Crippen molar-refractivity contribution in [3.05, 3.63) is 23.8 Å². The highest BCUT2D eigenvalue weighted by atomic mass is 16.5. The number of nitrogen functional groups attached to an aromatic ring is 1. The first kappa shape index (κ1) is 14.3. The van der Waals surface area contributed by atoms with Crippen LogP contribution in [0.5, 0.6) is 5.75 Å². The number of amides is 1. The van der Waals surface area contributed by atoms with Gasteiger partial charge in [0.05, 0.1) is 7.11 Å². The van der Waals surface area contributed by atoms with Crippen molar-refractivity contribution >= 4 is 11.6 Å². The molecule has 0 saturated heterocycles. The molecule has 1 atom stereocenters. The second kappa shape index (κ2) is 6.86. The van der Waals surface area contributed by atoms with Crippen molar-refractivity contribution in [2.24, 2.45) is 0 Å². The summed E-state index contributed by atoms with van der Waals surface area (Å²) in [5.41, 5.74) is 6.52. The molecule has 0 radical (unpaired) electrons. The number of hydrogen-bond acceptors (Lipinski definition) is 4. The third kappa shape index (κ3) is 3.37. The number of ether oxygens (including phenoxy) is 1. The van der Waals surface area contributed by atoms with Crippen LogP contribution in [0.15, 0.2) is 18.2 Å². The molecule has 0 fully saturated rings. The molecule has 1 aromatic rings. The van der Waals surface area contributed by atoms with Crippen LogP contribution in [0, 0.1) is 0 Å². The molecular formula is C13H20N2O3. The number of hydrogen-bond donors (Lipinski definition) is 3. The highest BCUT2D eigenvalue weighted by molar-refractivity contribution is 6.02. The highest BCUT2D eigenvalue weighted by Crippen LogP contribution is 2.24. The lowest BCUT2D eigenvalue weighted by Gasteiger charge is -2.17. The van der Waals surface area contributed by atoms with E-state index in [9.17, 15) is 4.79 Å². The third-order valence-electron chi connectivity index (χ3n) is 2.81. The molecule has 1 rings (SSSR count). The second-order valence-electron chi connectivity index (χ2n) is 4.02. The van der Waals surface area contributed by atoms with E-state index in [4.69, 9.17) is 15.6 Å². The number of benzene rings is 1. The number of carbonyl (C=O) groups is 1. The number of methoxy groups -OCH3 is 1. The van der Waals surface area contributed by atoms with Gasteiger partial charge in [-0.2, -0.15) is 0 Å². The molecule has 1 unspecified atom stereocenters. The number of aliphatic hydroxyl groups excluding tert-OH is 1. The maximum atomic E-state index is 12.1. The zero-order valence-electron chi connectivity index (χ0n) is 10.8. The van der Waals surface area contributed by atoms with Crippen LogP contribution in [0.1, 0.15) is 30.1 Å². The van der Waals surface area contributed by atoms with Crippen LogP contribution in [-0.2, 0) is 0 Å². The summed E-state index contributed by atoms with van der Waals surface area (Å²) >= 11 is 0. The minimum absolute atomic E-state index is 0.0419. The minimum Gasteiger partial charge on any atom is -0.496 e. The SMILES string of the molecule is CCC(CCO)NC(=O)c1c(N)cccc1OC. The summed E-state index contributed by atoms with van der Waals surface area (Å²) in [6.07, 6.45) is 1.28. The zero-order chi connectivity index (χ0) is 13.5. The van der Waals surface area contributed by atoms with E-state index in [-0.39, 0.29) is 18.6 Å². The zero-order valence-corrected chi connectivity index (χ0v) is 10.8. The average Bonchev–Trinajstić information content (AvgIpc) is 2.37. The molecule has 5 nitrogen and oxygen atoms in total. The summed E-state index contributed by atoms with van der Waals surface area (Å²) in [6, 6.07) is 5.02. The number of nitrogens with one attached hydrogen (secondary N) is 1. The van der Waals surface area contributed by atoms with Crippen LogP contribution in [-0.4, -0.2) is 30.8 Å². The number of nitrogens with two attached hydrogens (primary N) is 1. The van der Waals surface area contributed by atoms with Crippen LogP contribution in [0.2, 0.25) is 0 Å².